The van der Waals surface area contributed by atoms with E-state index in [-0.39, 0.29) is 6.03 Å². The smallest absolute Gasteiger partial charge is 0.338 e. The Hall–Kier alpha value is -2.21. The van der Waals surface area contributed by atoms with Gasteiger partial charge in [0.2, 0.25) is 0 Å². The molecule has 27 heavy (non-hydrogen) atoms. The SMILES string of the molecule is CCC1=C(C(=O)OCC2CCCCC2)C(c2cc(N)ccc2Cl)NC(=O)N1. The Morgan fingerprint density at radius 2 is 2.04 bits per heavy atom. The van der Waals surface area contributed by atoms with Crippen LogP contribution in [0.4, 0.5) is 10.5 Å². The fraction of sp³-hybridized carbons (Fsp3) is 0.500. The van der Waals surface area contributed by atoms with E-state index in [2.05, 4.69) is 10.6 Å². The van der Waals surface area contributed by atoms with Gasteiger partial charge in [-0.1, -0.05) is 37.8 Å². The average molecular weight is 392 g/mol. The molecule has 2 amide bonds. The zero-order valence-electron chi connectivity index (χ0n) is 15.5. The number of carbonyl (C=O) groups is 2. The van der Waals surface area contributed by atoms with Crippen molar-refractivity contribution in [1.29, 1.82) is 0 Å². The number of nitrogen functional groups attached to an aromatic ring is 1. The van der Waals surface area contributed by atoms with Crippen LogP contribution in [0.15, 0.2) is 29.5 Å². The number of ether oxygens (including phenoxy) is 1. The molecule has 1 saturated carbocycles. The van der Waals surface area contributed by atoms with Crippen LogP contribution in [0, 0.1) is 5.92 Å². The number of amides is 2. The Morgan fingerprint density at radius 1 is 1.30 bits per heavy atom. The maximum Gasteiger partial charge on any atom is 0.338 e. The highest BCUT2D eigenvalue weighted by molar-refractivity contribution is 6.31. The van der Waals surface area contributed by atoms with Gasteiger partial charge in [0.25, 0.3) is 0 Å². The summed E-state index contributed by atoms with van der Waals surface area (Å²) in [6.45, 7) is 2.29. The minimum Gasteiger partial charge on any atom is -0.462 e. The summed E-state index contributed by atoms with van der Waals surface area (Å²) in [4.78, 5) is 25.1. The lowest BCUT2D eigenvalue weighted by atomic mass is 9.90. The fourth-order valence-electron chi connectivity index (χ4n) is 3.78. The summed E-state index contributed by atoms with van der Waals surface area (Å²) in [5, 5.41) is 5.94. The molecule has 1 aliphatic heterocycles. The third-order valence-electron chi connectivity index (χ3n) is 5.23. The van der Waals surface area contributed by atoms with E-state index >= 15 is 0 Å². The molecule has 0 radical (unpaired) electrons. The summed E-state index contributed by atoms with van der Waals surface area (Å²) in [5.41, 5.74) is 7.93. The summed E-state index contributed by atoms with van der Waals surface area (Å²) in [6.07, 6.45) is 6.30. The highest BCUT2D eigenvalue weighted by Crippen LogP contribution is 2.34. The van der Waals surface area contributed by atoms with Gasteiger partial charge in [-0.3, -0.25) is 0 Å². The summed E-state index contributed by atoms with van der Waals surface area (Å²) >= 11 is 6.34. The van der Waals surface area contributed by atoms with Gasteiger partial charge in [0, 0.05) is 16.4 Å². The van der Waals surface area contributed by atoms with E-state index in [9.17, 15) is 9.59 Å². The second kappa shape index (κ2) is 8.65. The van der Waals surface area contributed by atoms with E-state index in [0.29, 0.717) is 46.5 Å². The molecule has 1 aromatic carbocycles. The van der Waals surface area contributed by atoms with Crippen LogP contribution in [0.25, 0.3) is 0 Å². The molecule has 1 fully saturated rings. The molecule has 146 valence electrons. The second-order valence-corrected chi connectivity index (χ2v) is 7.57. The van der Waals surface area contributed by atoms with Crippen LogP contribution in [0.1, 0.15) is 57.1 Å². The van der Waals surface area contributed by atoms with Crippen LogP contribution < -0.4 is 16.4 Å². The van der Waals surface area contributed by atoms with Crippen molar-refractivity contribution in [3.8, 4) is 0 Å². The Kier molecular flexibility index (Phi) is 6.26. The monoisotopic (exact) mass is 391 g/mol. The number of carbonyl (C=O) groups excluding carboxylic acids is 2. The van der Waals surface area contributed by atoms with Crippen molar-refractivity contribution in [3.05, 3.63) is 40.1 Å². The first-order valence-electron chi connectivity index (χ1n) is 9.52. The van der Waals surface area contributed by atoms with Gasteiger partial charge in [0.1, 0.15) is 0 Å². The summed E-state index contributed by atoms with van der Waals surface area (Å²) in [6, 6.07) is 3.96. The van der Waals surface area contributed by atoms with Crippen LogP contribution in [0.2, 0.25) is 5.02 Å². The molecule has 1 aliphatic carbocycles. The molecule has 0 bridgehead atoms. The molecular weight excluding hydrogens is 366 g/mol. The van der Waals surface area contributed by atoms with E-state index in [1.54, 1.807) is 18.2 Å². The van der Waals surface area contributed by atoms with Crippen molar-refractivity contribution >= 4 is 29.3 Å². The molecule has 6 nitrogen and oxygen atoms in total. The van der Waals surface area contributed by atoms with Gasteiger partial charge in [0.05, 0.1) is 18.2 Å². The number of halogens is 1. The van der Waals surface area contributed by atoms with Gasteiger partial charge in [-0.05, 0) is 48.9 Å². The van der Waals surface area contributed by atoms with E-state index in [0.717, 1.165) is 12.8 Å². The Balaban J connectivity index is 1.87. The first-order chi connectivity index (χ1) is 13.0. The number of hydrogen-bond acceptors (Lipinski definition) is 4. The molecule has 1 aromatic rings. The molecule has 1 heterocycles. The molecule has 7 heteroatoms. The average Bonchev–Trinajstić information content (AvgIpc) is 2.68. The second-order valence-electron chi connectivity index (χ2n) is 7.16. The Labute approximate surface area is 164 Å². The van der Waals surface area contributed by atoms with Crippen LogP contribution >= 0.6 is 11.6 Å². The molecule has 0 saturated heterocycles. The van der Waals surface area contributed by atoms with Gasteiger partial charge >= 0.3 is 12.0 Å². The first kappa shape index (κ1) is 19.5. The first-order valence-corrected chi connectivity index (χ1v) is 9.90. The lowest BCUT2D eigenvalue weighted by Gasteiger charge is -2.30. The van der Waals surface area contributed by atoms with E-state index < -0.39 is 12.0 Å². The number of nitrogens with two attached hydrogens (primary N) is 1. The maximum atomic E-state index is 13.0. The minimum atomic E-state index is -0.691. The fourth-order valence-corrected chi connectivity index (χ4v) is 4.01. The highest BCUT2D eigenvalue weighted by Gasteiger charge is 2.34. The van der Waals surface area contributed by atoms with Crippen molar-refractivity contribution < 1.29 is 14.3 Å². The number of nitrogens with one attached hydrogen (secondary N) is 2. The van der Waals surface area contributed by atoms with Gasteiger partial charge < -0.3 is 21.1 Å². The molecule has 1 atom stereocenters. The van der Waals surface area contributed by atoms with Gasteiger partial charge in [-0.25, -0.2) is 9.59 Å². The van der Waals surface area contributed by atoms with Crippen molar-refractivity contribution in [2.45, 2.75) is 51.5 Å². The topological polar surface area (TPSA) is 93.4 Å². The molecule has 0 aromatic heterocycles. The van der Waals surface area contributed by atoms with Crippen LogP contribution in [0.5, 0.6) is 0 Å². The number of allylic oxidation sites excluding steroid dienone is 1. The number of rotatable bonds is 5. The standard InChI is InChI=1S/C20H26ClN3O3/c1-2-16-17(19(25)27-11-12-6-4-3-5-7-12)18(24-20(26)23-16)14-10-13(22)8-9-15(14)21/h8-10,12,18H,2-7,11,22H2,1H3,(H2,23,24,26). The predicted molar refractivity (Wildman–Crippen MR) is 105 cm³/mol. The lowest BCUT2D eigenvalue weighted by Crippen LogP contribution is -2.46. The van der Waals surface area contributed by atoms with Gasteiger partial charge in [-0.15, -0.1) is 0 Å². The van der Waals surface area contributed by atoms with Crippen LogP contribution in [-0.2, 0) is 9.53 Å². The number of hydrogen-bond donors (Lipinski definition) is 3. The zero-order valence-corrected chi connectivity index (χ0v) is 16.3. The third kappa shape index (κ3) is 4.56. The number of urea groups is 1. The number of esters is 1. The molecule has 0 spiro atoms. The highest BCUT2D eigenvalue weighted by atomic mass is 35.5. The Bertz CT molecular complexity index is 757. The van der Waals surface area contributed by atoms with Crippen molar-refractivity contribution in [3.63, 3.8) is 0 Å². The lowest BCUT2D eigenvalue weighted by molar-refractivity contribution is -0.141. The molecular formula is C20H26ClN3O3. The normalized spacial score (nSPS) is 20.8. The largest absolute Gasteiger partial charge is 0.462 e. The Morgan fingerprint density at radius 3 is 2.74 bits per heavy atom. The van der Waals surface area contributed by atoms with E-state index in [4.69, 9.17) is 22.1 Å². The van der Waals surface area contributed by atoms with Gasteiger partial charge in [-0.2, -0.15) is 0 Å². The van der Waals surface area contributed by atoms with Crippen molar-refractivity contribution in [2.24, 2.45) is 5.92 Å². The van der Waals surface area contributed by atoms with E-state index in [1.807, 2.05) is 6.92 Å². The predicted octanol–water partition coefficient (Wildman–Crippen LogP) is 4.06. The van der Waals surface area contributed by atoms with Crippen molar-refractivity contribution in [2.75, 3.05) is 12.3 Å². The van der Waals surface area contributed by atoms with E-state index in [1.165, 1.54) is 19.3 Å². The summed E-state index contributed by atoms with van der Waals surface area (Å²) in [7, 11) is 0. The molecule has 2 aliphatic rings. The number of benzene rings is 1. The minimum absolute atomic E-state index is 0.376. The molecule has 3 rings (SSSR count). The maximum absolute atomic E-state index is 13.0. The van der Waals surface area contributed by atoms with Gasteiger partial charge in [0.15, 0.2) is 0 Å². The summed E-state index contributed by atoms with van der Waals surface area (Å²) < 4.78 is 5.65. The molecule has 4 N–H and O–H groups in total. The van der Waals surface area contributed by atoms with Crippen LogP contribution in [0.3, 0.4) is 0 Å². The van der Waals surface area contributed by atoms with Crippen molar-refractivity contribution in [1.82, 2.24) is 10.6 Å². The number of anilines is 1. The van der Waals surface area contributed by atoms with Crippen LogP contribution in [-0.4, -0.2) is 18.6 Å². The quantitative estimate of drug-likeness (QED) is 0.521. The zero-order chi connectivity index (χ0) is 19.4. The summed E-state index contributed by atoms with van der Waals surface area (Å²) in [5.74, 6) is -0.0117. The third-order valence-corrected chi connectivity index (χ3v) is 5.58. The molecule has 1 unspecified atom stereocenters.